The Kier molecular flexibility index (Phi) is 6.22. The number of benzene rings is 2. The van der Waals surface area contributed by atoms with Crippen molar-refractivity contribution in [2.45, 2.75) is 12.1 Å². The van der Waals surface area contributed by atoms with Crippen LogP contribution in [0.2, 0.25) is 0 Å². The van der Waals surface area contributed by atoms with Gasteiger partial charge in [-0.15, -0.1) is 0 Å². The van der Waals surface area contributed by atoms with E-state index in [0.29, 0.717) is 10.9 Å². The molecule has 0 atom stereocenters. The highest BCUT2D eigenvalue weighted by molar-refractivity contribution is 7.98. The molecule has 0 unspecified atom stereocenters. The van der Waals surface area contributed by atoms with Gasteiger partial charge >= 0.3 is 5.97 Å². The molecule has 0 radical (unpaired) electrons. The van der Waals surface area contributed by atoms with E-state index in [0.717, 1.165) is 22.8 Å². The number of aromatic nitrogens is 2. The Hall–Kier alpha value is -3.12. The van der Waals surface area contributed by atoms with Gasteiger partial charge < -0.3 is 10.1 Å². The molecule has 0 saturated carbocycles. The monoisotopic (exact) mass is 377 g/mol. The summed E-state index contributed by atoms with van der Waals surface area (Å²) >= 11 is 1.49. The molecule has 0 fully saturated rings. The predicted octanol–water partition coefficient (Wildman–Crippen LogP) is 4.87. The van der Waals surface area contributed by atoms with Crippen molar-refractivity contribution in [2.24, 2.45) is 0 Å². The Balaban J connectivity index is 1.61. The van der Waals surface area contributed by atoms with Gasteiger partial charge in [0.1, 0.15) is 11.6 Å². The predicted molar refractivity (Wildman–Crippen MR) is 109 cm³/mol. The fraction of sp³-hybridized carbons (Fsp3) is 0.0952. The number of nitrogens with one attached hydrogen (secondary N) is 1. The molecule has 0 amide bonds. The van der Waals surface area contributed by atoms with E-state index < -0.39 is 5.97 Å². The van der Waals surface area contributed by atoms with Crippen LogP contribution in [0.3, 0.4) is 0 Å². The van der Waals surface area contributed by atoms with Gasteiger partial charge in [0.25, 0.3) is 0 Å². The Labute approximate surface area is 162 Å². The minimum absolute atomic E-state index is 0.421. The van der Waals surface area contributed by atoms with Gasteiger partial charge in [-0.1, -0.05) is 42.1 Å². The van der Waals surface area contributed by atoms with E-state index in [1.165, 1.54) is 17.8 Å². The lowest BCUT2D eigenvalue weighted by atomic mass is 10.2. The van der Waals surface area contributed by atoms with Crippen LogP contribution in [-0.4, -0.2) is 22.2 Å². The zero-order chi connectivity index (χ0) is 19.1. The van der Waals surface area contributed by atoms with Gasteiger partial charge in [0.05, 0.1) is 0 Å². The molecule has 1 aromatic heterocycles. The number of carbonyl (C=O) groups excluding carboxylic acids is 1. The summed E-state index contributed by atoms with van der Waals surface area (Å²) in [6.07, 6.45) is 5.07. The second-order valence-corrected chi connectivity index (χ2v) is 6.47. The van der Waals surface area contributed by atoms with E-state index >= 15 is 0 Å². The lowest BCUT2D eigenvalue weighted by Crippen LogP contribution is -2.03. The molecule has 0 aliphatic rings. The largest absolute Gasteiger partial charge is 0.423 e. The maximum atomic E-state index is 11.9. The fourth-order valence-electron chi connectivity index (χ4n) is 2.33. The highest BCUT2D eigenvalue weighted by Gasteiger charge is 2.04. The number of rotatable bonds is 6. The normalized spacial score (nSPS) is 10.7. The van der Waals surface area contributed by atoms with Crippen LogP contribution in [0.1, 0.15) is 11.3 Å². The number of thioether (sulfide) groups is 1. The van der Waals surface area contributed by atoms with Gasteiger partial charge in [0.2, 0.25) is 0 Å². The third kappa shape index (κ3) is 5.69. The second-order valence-electron chi connectivity index (χ2n) is 5.70. The van der Waals surface area contributed by atoms with E-state index in [4.69, 9.17) is 4.74 Å². The minimum atomic E-state index is -0.421. The number of hydrogen-bond acceptors (Lipinski definition) is 6. The number of anilines is 2. The third-order valence-electron chi connectivity index (χ3n) is 3.57. The minimum Gasteiger partial charge on any atom is -0.423 e. The van der Waals surface area contributed by atoms with Gasteiger partial charge in [0, 0.05) is 23.5 Å². The van der Waals surface area contributed by atoms with Crippen LogP contribution in [0.5, 0.6) is 5.75 Å². The molecule has 0 saturated heterocycles. The van der Waals surface area contributed by atoms with Crippen LogP contribution in [0.4, 0.5) is 11.5 Å². The maximum Gasteiger partial charge on any atom is 0.336 e. The van der Waals surface area contributed by atoms with Crippen molar-refractivity contribution in [3.8, 4) is 5.75 Å². The van der Waals surface area contributed by atoms with E-state index in [1.54, 1.807) is 18.2 Å². The summed E-state index contributed by atoms with van der Waals surface area (Å²) in [5, 5.41) is 3.94. The fourth-order valence-corrected chi connectivity index (χ4v) is 2.75. The Morgan fingerprint density at radius 2 is 1.81 bits per heavy atom. The van der Waals surface area contributed by atoms with Crippen molar-refractivity contribution in [3.05, 3.63) is 78.0 Å². The zero-order valence-corrected chi connectivity index (χ0v) is 15.9. The lowest BCUT2D eigenvalue weighted by Gasteiger charge is -2.08. The highest BCUT2D eigenvalue weighted by Crippen LogP contribution is 2.21. The molecule has 3 rings (SSSR count). The van der Waals surface area contributed by atoms with E-state index in [-0.39, 0.29) is 0 Å². The van der Waals surface area contributed by atoms with Crippen LogP contribution in [0, 0.1) is 6.92 Å². The van der Waals surface area contributed by atoms with Crippen LogP contribution in [0.15, 0.2) is 71.9 Å². The van der Waals surface area contributed by atoms with Crippen LogP contribution in [0.25, 0.3) is 6.08 Å². The van der Waals surface area contributed by atoms with E-state index in [1.807, 2.05) is 61.7 Å². The highest BCUT2D eigenvalue weighted by atomic mass is 32.2. The summed E-state index contributed by atoms with van der Waals surface area (Å²) in [5.41, 5.74) is 2.69. The summed E-state index contributed by atoms with van der Waals surface area (Å²) in [5.74, 6) is 0.782. The number of hydrogen-bond donors (Lipinski definition) is 1. The van der Waals surface area contributed by atoms with Gasteiger partial charge in [-0.3, -0.25) is 0 Å². The summed E-state index contributed by atoms with van der Waals surface area (Å²) in [6.45, 7) is 1.93. The molecule has 1 N–H and O–H groups in total. The van der Waals surface area contributed by atoms with Gasteiger partial charge in [-0.05, 0) is 49.1 Å². The molecule has 0 bridgehead atoms. The summed E-state index contributed by atoms with van der Waals surface area (Å²) in [6, 6.07) is 18.6. The quantitative estimate of drug-likeness (QED) is 0.217. The molecule has 0 aliphatic carbocycles. The van der Waals surface area contributed by atoms with Crippen molar-refractivity contribution >= 4 is 35.3 Å². The first-order valence-corrected chi connectivity index (χ1v) is 9.56. The molecule has 3 aromatic rings. The molecule has 0 aliphatic heterocycles. The average molecular weight is 377 g/mol. The Morgan fingerprint density at radius 3 is 2.52 bits per heavy atom. The maximum absolute atomic E-state index is 11.9. The molecular formula is C21H19N3O2S. The molecule has 27 heavy (non-hydrogen) atoms. The smallest absolute Gasteiger partial charge is 0.336 e. The standard InChI is InChI=1S/C21H19N3O2S/c1-15-14-19(24-21(22-15)27-2)23-17-9-11-18(12-10-17)26-20(25)13-8-16-6-4-3-5-7-16/h3-14H,1-2H3,(H,22,23,24)/b13-8+. The van der Waals surface area contributed by atoms with Crippen LogP contribution < -0.4 is 10.1 Å². The molecule has 6 heteroatoms. The Bertz CT molecular complexity index is 941. The van der Waals surface area contributed by atoms with Gasteiger partial charge in [-0.25, -0.2) is 14.8 Å². The van der Waals surface area contributed by atoms with Crippen LogP contribution >= 0.6 is 11.8 Å². The molecule has 136 valence electrons. The van der Waals surface area contributed by atoms with Crippen molar-refractivity contribution < 1.29 is 9.53 Å². The number of nitrogens with zero attached hydrogens (tertiary/aromatic N) is 2. The van der Waals surface area contributed by atoms with Crippen LogP contribution in [-0.2, 0) is 4.79 Å². The van der Waals surface area contributed by atoms with Gasteiger partial charge in [0.15, 0.2) is 5.16 Å². The molecule has 1 heterocycles. The molecule has 5 nitrogen and oxygen atoms in total. The first kappa shape index (κ1) is 18.7. The first-order chi connectivity index (χ1) is 13.1. The van der Waals surface area contributed by atoms with Gasteiger partial charge in [-0.2, -0.15) is 0 Å². The first-order valence-electron chi connectivity index (χ1n) is 8.34. The zero-order valence-electron chi connectivity index (χ0n) is 15.0. The van der Waals surface area contributed by atoms with Crippen molar-refractivity contribution in [1.82, 2.24) is 9.97 Å². The Morgan fingerprint density at radius 1 is 1.07 bits per heavy atom. The summed E-state index contributed by atoms with van der Waals surface area (Å²) < 4.78 is 5.31. The van der Waals surface area contributed by atoms with E-state index in [2.05, 4.69) is 15.3 Å². The van der Waals surface area contributed by atoms with Crippen molar-refractivity contribution in [1.29, 1.82) is 0 Å². The second kappa shape index (κ2) is 9.00. The summed E-state index contributed by atoms with van der Waals surface area (Å²) in [4.78, 5) is 20.7. The number of ether oxygens (including phenoxy) is 1. The SMILES string of the molecule is CSc1nc(C)cc(Nc2ccc(OC(=O)/C=C/c3ccccc3)cc2)n1. The number of aryl methyl sites for hydroxylation is 1. The molecular weight excluding hydrogens is 358 g/mol. The topological polar surface area (TPSA) is 64.1 Å². The molecule has 0 spiro atoms. The third-order valence-corrected chi connectivity index (χ3v) is 4.12. The number of esters is 1. The van der Waals surface area contributed by atoms with E-state index in [9.17, 15) is 4.79 Å². The molecule has 2 aromatic carbocycles. The van der Waals surface area contributed by atoms with Crippen molar-refractivity contribution in [3.63, 3.8) is 0 Å². The number of carbonyl (C=O) groups is 1. The summed E-state index contributed by atoms with van der Waals surface area (Å²) in [7, 11) is 0. The lowest BCUT2D eigenvalue weighted by molar-refractivity contribution is -0.128. The van der Waals surface area contributed by atoms with Crippen molar-refractivity contribution in [2.75, 3.05) is 11.6 Å². The average Bonchev–Trinajstić information content (AvgIpc) is 2.68.